The first-order chi connectivity index (χ1) is 16.8. The molecule has 11 heteroatoms. The Kier molecular flexibility index (Phi) is 7.80. The number of piperazine rings is 1. The fourth-order valence-corrected chi connectivity index (χ4v) is 5.64. The second kappa shape index (κ2) is 10.8. The molecule has 35 heavy (non-hydrogen) atoms. The first-order valence-electron chi connectivity index (χ1n) is 11.2. The molecule has 0 unspecified atom stereocenters. The highest BCUT2D eigenvalue weighted by Gasteiger charge is 2.29. The van der Waals surface area contributed by atoms with Gasteiger partial charge in [-0.15, -0.1) is 0 Å². The lowest BCUT2D eigenvalue weighted by Crippen LogP contribution is -2.50. The van der Waals surface area contributed by atoms with E-state index in [0.717, 1.165) is 27.1 Å². The Bertz CT molecular complexity index is 1320. The molecule has 0 bridgehead atoms. The molecule has 0 atom stereocenters. The van der Waals surface area contributed by atoms with E-state index in [4.69, 9.17) is 0 Å². The molecule has 0 spiro atoms. The number of hydrogen-bond acceptors (Lipinski definition) is 6. The zero-order chi connectivity index (χ0) is 25.0. The fraction of sp³-hybridized carbons (Fsp3) is 0.292. The zero-order valence-electron chi connectivity index (χ0n) is 19.6. The summed E-state index contributed by atoms with van der Waals surface area (Å²) in [7, 11) is -3.55. The summed E-state index contributed by atoms with van der Waals surface area (Å²) in [6.07, 6.45) is 1.61. The van der Waals surface area contributed by atoms with Crippen LogP contribution in [-0.4, -0.2) is 72.2 Å². The molecule has 2 aromatic carbocycles. The smallest absolute Gasteiger partial charge is 0.254 e. The topological polar surface area (TPSA) is 99.9 Å². The van der Waals surface area contributed by atoms with Gasteiger partial charge in [0.1, 0.15) is 0 Å². The highest BCUT2D eigenvalue weighted by atomic mass is 79.9. The minimum atomic E-state index is -3.55. The van der Waals surface area contributed by atoms with Crippen molar-refractivity contribution in [1.82, 2.24) is 24.4 Å². The molecule has 1 aliphatic heterocycles. The van der Waals surface area contributed by atoms with Crippen LogP contribution in [0.3, 0.4) is 0 Å². The minimum Gasteiger partial charge on any atom is -0.292 e. The third-order valence-corrected chi connectivity index (χ3v) is 8.32. The van der Waals surface area contributed by atoms with Gasteiger partial charge < -0.3 is 0 Å². The summed E-state index contributed by atoms with van der Waals surface area (Å²) in [4.78, 5) is 14.6. The van der Waals surface area contributed by atoms with Gasteiger partial charge in [-0.25, -0.2) is 18.5 Å². The molecule has 1 amide bonds. The molecule has 1 aliphatic rings. The number of halogens is 1. The lowest BCUT2D eigenvalue weighted by Gasteiger charge is -2.33. The Labute approximate surface area is 213 Å². The average Bonchev–Trinajstić information content (AvgIpc) is 3.13. The van der Waals surface area contributed by atoms with E-state index in [2.05, 4.69) is 31.6 Å². The van der Waals surface area contributed by atoms with E-state index < -0.39 is 10.0 Å². The quantitative estimate of drug-likeness (QED) is 0.355. The summed E-state index contributed by atoms with van der Waals surface area (Å²) in [6.45, 7) is 5.59. The summed E-state index contributed by atoms with van der Waals surface area (Å²) < 4.78 is 29.8. The van der Waals surface area contributed by atoms with Gasteiger partial charge in [-0.1, -0.05) is 34.1 Å². The molecule has 2 heterocycles. The highest BCUT2D eigenvalue weighted by molar-refractivity contribution is 9.10. The van der Waals surface area contributed by atoms with Gasteiger partial charge in [0.25, 0.3) is 5.91 Å². The number of hydrazone groups is 1. The molecular weight excluding hydrogens is 532 g/mol. The van der Waals surface area contributed by atoms with Gasteiger partial charge in [-0.2, -0.15) is 14.5 Å². The van der Waals surface area contributed by atoms with Gasteiger partial charge in [0.05, 0.1) is 34.7 Å². The summed E-state index contributed by atoms with van der Waals surface area (Å²) >= 11 is 3.32. The Morgan fingerprint density at radius 1 is 1.06 bits per heavy atom. The number of benzene rings is 2. The first-order valence-corrected chi connectivity index (χ1v) is 13.4. The summed E-state index contributed by atoms with van der Waals surface area (Å²) in [5.74, 6) is -0.253. The summed E-state index contributed by atoms with van der Waals surface area (Å²) in [5, 5.41) is 8.70. The van der Waals surface area contributed by atoms with Crippen LogP contribution < -0.4 is 5.43 Å². The molecule has 1 fully saturated rings. The van der Waals surface area contributed by atoms with Crippen LogP contribution in [-0.2, 0) is 14.8 Å². The van der Waals surface area contributed by atoms with Crippen LogP contribution >= 0.6 is 15.9 Å². The average molecular weight is 559 g/mol. The standard InChI is InChI=1S/C24H27BrN6O3S/c1-18-23(19(2)31(28-18)21-6-4-3-5-7-21)16-26-27-24(32)17-29-12-14-30(15-13-29)35(33,34)22-10-8-20(25)9-11-22/h3-11,16H,12-15,17H2,1-2H3,(H,27,32). The van der Waals surface area contributed by atoms with E-state index in [9.17, 15) is 13.2 Å². The number of aryl methyl sites for hydroxylation is 1. The van der Waals surface area contributed by atoms with E-state index >= 15 is 0 Å². The van der Waals surface area contributed by atoms with Crippen molar-refractivity contribution in [3.63, 3.8) is 0 Å². The Hall–Kier alpha value is -2.86. The van der Waals surface area contributed by atoms with Crippen LogP contribution in [0.25, 0.3) is 5.69 Å². The Morgan fingerprint density at radius 3 is 2.37 bits per heavy atom. The van der Waals surface area contributed by atoms with Crippen LogP contribution in [0.2, 0.25) is 0 Å². The molecule has 4 rings (SSSR count). The molecule has 1 aromatic heterocycles. The van der Waals surface area contributed by atoms with Crippen molar-refractivity contribution in [3.05, 3.63) is 76.0 Å². The van der Waals surface area contributed by atoms with Crippen LogP contribution in [0, 0.1) is 13.8 Å². The van der Waals surface area contributed by atoms with E-state index in [1.807, 2.05) is 53.8 Å². The maximum absolute atomic E-state index is 12.8. The van der Waals surface area contributed by atoms with Crippen molar-refractivity contribution in [2.45, 2.75) is 18.7 Å². The lowest BCUT2D eigenvalue weighted by molar-refractivity contribution is -0.122. The number of aromatic nitrogens is 2. The largest absolute Gasteiger partial charge is 0.292 e. The van der Waals surface area contributed by atoms with E-state index in [0.29, 0.717) is 26.2 Å². The normalized spacial score (nSPS) is 15.5. The number of nitrogens with zero attached hydrogens (tertiary/aromatic N) is 5. The SMILES string of the molecule is Cc1nn(-c2ccccc2)c(C)c1C=NNC(=O)CN1CCN(S(=O)(=O)c2ccc(Br)cc2)CC1. The molecule has 1 N–H and O–H groups in total. The number of amides is 1. The number of hydrogen-bond donors (Lipinski definition) is 1. The monoisotopic (exact) mass is 558 g/mol. The van der Waals surface area contributed by atoms with Crippen LogP contribution in [0.1, 0.15) is 17.0 Å². The summed E-state index contributed by atoms with van der Waals surface area (Å²) in [6, 6.07) is 16.4. The maximum atomic E-state index is 12.8. The predicted molar refractivity (Wildman–Crippen MR) is 138 cm³/mol. The van der Waals surface area contributed by atoms with Crippen molar-refractivity contribution in [2.24, 2.45) is 5.10 Å². The molecule has 9 nitrogen and oxygen atoms in total. The highest BCUT2D eigenvalue weighted by Crippen LogP contribution is 2.20. The third kappa shape index (κ3) is 5.87. The second-order valence-corrected chi connectivity index (χ2v) is 11.1. The van der Waals surface area contributed by atoms with Crippen LogP contribution in [0.5, 0.6) is 0 Å². The third-order valence-electron chi connectivity index (χ3n) is 5.88. The van der Waals surface area contributed by atoms with Gasteiger partial charge >= 0.3 is 0 Å². The van der Waals surface area contributed by atoms with Gasteiger partial charge in [0.2, 0.25) is 10.0 Å². The predicted octanol–water partition coefficient (Wildman–Crippen LogP) is 2.71. The lowest BCUT2D eigenvalue weighted by atomic mass is 10.2. The number of sulfonamides is 1. The van der Waals surface area contributed by atoms with Crippen molar-refractivity contribution in [2.75, 3.05) is 32.7 Å². The van der Waals surface area contributed by atoms with Crippen molar-refractivity contribution in [3.8, 4) is 5.69 Å². The molecule has 3 aromatic rings. The zero-order valence-corrected chi connectivity index (χ0v) is 22.0. The number of carbonyl (C=O) groups excluding carboxylic acids is 1. The van der Waals surface area contributed by atoms with Crippen LogP contribution in [0.15, 0.2) is 69.1 Å². The molecule has 0 saturated carbocycles. The molecule has 0 radical (unpaired) electrons. The van der Waals surface area contributed by atoms with Crippen LogP contribution in [0.4, 0.5) is 0 Å². The number of rotatable bonds is 7. The van der Waals surface area contributed by atoms with Crippen molar-refractivity contribution < 1.29 is 13.2 Å². The summed E-state index contributed by atoms with van der Waals surface area (Å²) in [5.41, 5.74) is 6.11. The second-order valence-electron chi connectivity index (χ2n) is 8.26. The van der Waals surface area contributed by atoms with Gasteiger partial charge in [-0.05, 0) is 50.2 Å². The van der Waals surface area contributed by atoms with E-state index in [-0.39, 0.29) is 17.3 Å². The number of para-hydroxylation sites is 1. The fourth-order valence-electron chi connectivity index (χ4n) is 3.95. The minimum absolute atomic E-state index is 0.144. The van der Waals surface area contributed by atoms with Crippen molar-refractivity contribution in [1.29, 1.82) is 0 Å². The van der Waals surface area contributed by atoms with E-state index in [1.54, 1.807) is 30.5 Å². The van der Waals surface area contributed by atoms with Crippen molar-refractivity contribution >= 4 is 38.1 Å². The number of nitrogens with one attached hydrogen (secondary N) is 1. The number of carbonyl (C=O) groups is 1. The van der Waals surface area contributed by atoms with Gasteiger partial charge in [0.15, 0.2) is 0 Å². The Balaban J connectivity index is 1.30. The molecular formula is C24H27BrN6O3S. The van der Waals surface area contributed by atoms with Gasteiger partial charge in [0, 0.05) is 36.2 Å². The molecule has 1 saturated heterocycles. The first kappa shape index (κ1) is 25.2. The Morgan fingerprint density at radius 2 is 1.71 bits per heavy atom. The maximum Gasteiger partial charge on any atom is 0.254 e. The van der Waals surface area contributed by atoms with Gasteiger partial charge in [-0.3, -0.25) is 9.69 Å². The molecule has 0 aliphatic carbocycles. The van der Waals surface area contributed by atoms with E-state index in [1.165, 1.54) is 4.31 Å². The molecule has 184 valence electrons.